The van der Waals surface area contributed by atoms with Crippen LogP contribution in [0.25, 0.3) is 0 Å². The van der Waals surface area contributed by atoms with Crippen LogP contribution in [0.4, 0.5) is 5.69 Å². The molecule has 6 nitrogen and oxygen atoms in total. The molecule has 7 heteroatoms. The van der Waals surface area contributed by atoms with E-state index in [1.807, 2.05) is 18.2 Å². The highest BCUT2D eigenvalue weighted by molar-refractivity contribution is 6.32. The summed E-state index contributed by atoms with van der Waals surface area (Å²) < 4.78 is 11.1. The van der Waals surface area contributed by atoms with E-state index in [0.29, 0.717) is 29.2 Å². The molecule has 26 heavy (non-hydrogen) atoms. The fourth-order valence-corrected chi connectivity index (χ4v) is 3.16. The molecular weight excluding hydrogens is 352 g/mol. The van der Waals surface area contributed by atoms with Crippen molar-refractivity contribution in [3.63, 3.8) is 0 Å². The molecule has 2 aromatic rings. The smallest absolute Gasteiger partial charge is 0.213 e. The average molecular weight is 375 g/mol. The van der Waals surface area contributed by atoms with E-state index >= 15 is 0 Å². The standard InChI is InChI=1S/C19H23ClN4O2/c1-25-17-7-6-14(11-16(17)20)24-19(21)23-12-13-8-9-22-18(10-13)26-15-4-2-3-5-15/h6-11,15H,2-5,12H2,1H3,(H3,21,23,24). The summed E-state index contributed by atoms with van der Waals surface area (Å²) in [5.74, 6) is 1.57. The minimum atomic E-state index is 0.285. The summed E-state index contributed by atoms with van der Waals surface area (Å²) in [6, 6.07) is 9.16. The Morgan fingerprint density at radius 2 is 2.12 bits per heavy atom. The van der Waals surface area contributed by atoms with Gasteiger partial charge in [-0.1, -0.05) is 11.6 Å². The first-order valence-corrected chi connectivity index (χ1v) is 9.04. The summed E-state index contributed by atoms with van der Waals surface area (Å²) in [7, 11) is 1.57. The minimum absolute atomic E-state index is 0.285. The van der Waals surface area contributed by atoms with Gasteiger partial charge >= 0.3 is 0 Å². The second-order valence-corrected chi connectivity index (χ2v) is 6.61. The molecule has 138 valence electrons. The number of aliphatic imine (C=N–C) groups is 1. The van der Waals surface area contributed by atoms with Gasteiger partial charge in [0.15, 0.2) is 5.96 Å². The number of aromatic nitrogens is 1. The average Bonchev–Trinajstić information content (AvgIpc) is 3.13. The van der Waals surface area contributed by atoms with E-state index in [1.165, 1.54) is 12.8 Å². The van der Waals surface area contributed by atoms with Gasteiger partial charge in [0, 0.05) is 18.0 Å². The van der Waals surface area contributed by atoms with Crippen LogP contribution in [0.5, 0.6) is 11.6 Å². The van der Waals surface area contributed by atoms with Crippen LogP contribution in [0.2, 0.25) is 5.02 Å². The Kier molecular flexibility index (Phi) is 6.17. The number of ether oxygens (including phenoxy) is 2. The highest BCUT2D eigenvalue weighted by Crippen LogP contribution is 2.27. The highest BCUT2D eigenvalue weighted by atomic mass is 35.5. The molecule has 1 aromatic heterocycles. The molecule has 1 fully saturated rings. The number of rotatable bonds is 6. The zero-order valence-corrected chi connectivity index (χ0v) is 15.5. The van der Waals surface area contributed by atoms with Crippen molar-refractivity contribution in [3.05, 3.63) is 47.1 Å². The van der Waals surface area contributed by atoms with Crippen LogP contribution in [0.1, 0.15) is 31.2 Å². The van der Waals surface area contributed by atoms with Gasteiger partial charge in [-0.05, 0) is 55.5 Å². The number of nitrogens with zero attached hydrogens (tertiary/aromatic N) is 2. The van der Waals surface area contributed by atoms with Crippen molar-refractivity contribution in [2.24, 2.45) is 10.7 Å². The monoisotopic (exact) mass is 374 g/mol. The van der Waals surface area contributed by atoms with Crippen molar-refractivity contribution in [1.29, 1.82) is 0 Å². The summed E-state index contributed by atoms with van der Waals surface area (Å²) >= 11 is 6.11. The first-order chi connectivity index (χ1) is 12.6. The molecule has 0 radical (unpaired) electrons. The molecule has 1 aliphatic rings. The highest BCUT2D eigenvalue weighted by Gasteiger charge is 2.16. The minimum Gasteiger partial charge on any atom is -0.495 e. The first-order valence-electron chi connectivity index (χ1n) is 8.66. The number of nitrogens with one attached hydrogen (secondary N) is 1. The van der Waals surface area contributed by atoms with Gasteiger partial charge in [0.2, 0.25) is 5.88 Å². The molecule has 0 unspecified atom stereocenters. The second-order valence-electron chi connectivity index (χ2n) is 6.20. The molecule has 1 aromatic carbocycles. The maximum atomic E-state index is 6.11. The van der Waals surface area contributed by atoms with E-state index in [9.17, 15) is 0 Å². The molecule has 0 bridgehead atoms. The van der Waals surface area contributed by atoms with Gasteiger partial charge in [0.1, 0.15) is 11.9 Å². The number of anilines is 1. The topological polar surface area (TPSA) is 81.8 Å². The molecular formula is C19H23ClN4O2. The molecule has 0 spiro atoms. The fraction of sp³-hybridized carbons (Fsp3) is 0.368. The Morgan fingerprint density at radius 3 is 2.85 bits per heavy atom. The van der Waals surface area contributed by atoms with Crippen LogP contribution in [0, 0.1) is 0 Å². The van der Waals surface area contributed by atoms with Gasteiger partial charge < -0.3 is 20.5 Å². The zero-order chi connectivity index (χ0) is 18.4. The van der Waals surface area contributed by atoms with Crippen LogP contribution < -0.4 is 20.5 Å². The zero-order valence-electron chi connectivity index (χ0n) is 14.7. The van der Waals surface area contributed by atoms with Crippen LogP contribution in [-0.2, 0) is 6.54 Å². The maximum absolute atomic E-state index is 6.11. The van der Waals surface area contributed by atoms with Crippen molar-refractivity contribution in [3.8, 4) is 11.6 Å². The lowest BCUT2D eigenvalue weighted by molar-refractivity contribution is 0.201. The number of methoxy groups -OCH3 is 1. The molecule has 0 atom stereocenters. The van der Waals surface area contributed by atoms with Crippen LogP contribution in [0.3, 0.4) is 0 Å². The first kappa shape index (κ1) is 18.3. The lowest BCUT2D eigenvalue weighted by Crippen LogP contribution is -2.22. The third kappa shape index (κ3) is 5.02. The van der Waals surface area contributed by atoms with Gasteiger partial charge in [-0.3, -0.25) is 0 Å². The largest absolute Gasteiger partial charge is 0.495 e. The normalized spacial score (nSPS) is 15.1. The molecule has 0 aliphatic heterocycles. The number of nitrogens with two attached hydrogens (primary N) is 1. The lowest BCUT2D eigenvalue weighted by atomic mass is 10.2. The summed E-state index contributed by atoms with van der Waals surface area (Å²) in [4.78, 5) is 8.64. The van der Waals surface area contributed by atoms with Crippen molar-refractivity contribution < 1.29 is 9.47 Å². The van der Waals surface area contributed by atoms with Gasteiger partial charge in [0.25, 0.3) is 0 Å². The van der Waals surface area contributed by atoms with Gasteiger partial charge in [-0.15, -0.1) is 0 Å². The van der Waals surface area contributed by atoms with E-state index in [0.717, 1.165) is 24.1 Å². The summed E-state index contributed by atoms with van der Waals surface area (Å²) in [5.41, 5.74) is 7.70. The molecule has 1 aliphatic carbocycles. The predicted octanol–water partition coefficient (Wildman–Crippen LogP) is 3.99. The molecule has 0 saturated heterocycles. The Balaban J connectivity index is 1.58. The van der Waals surface area contributed by atoms with Crippen molar-refractivity contribution in [2.45, 2.75) is 38.3 Å². The van der Waals surface area contributed by atoms with Gasteiger partial charge in [0.05, 0.1) is 18.7 Å². The quantitative estimate of drug-likeness (QED) is 0.590. The SMILES string of the molecule is COc1ccc(NC(N)=NCc2ccnc(OC3CCCC3)c2)cc1Cl. The second kappa shape index (κ2) is 8.76. The van der Waals surface area contributed by atoms with E-state index in [2.05, 4.69) is 15.3 Å². The number of hydrogen-bond donors (Lipinski definition) is 2. The predicted molar refractivity (Wildman–Crippen MR) is 104 cm³/mol. The van der Waals surface area contributed by atoms with Crippen molar-refractivity contribution in [1.82, 2.24) is 4.98 Å². The molecule has 1 saturated carbocycles. The van der Waals surface area contributed by atoms with Crippen LogP contribution in [0.15, 0.2) is 41.5 Å². The van der Waals surface area contributed by atoms with E-state index in [-0.39, 0.29) is 6.10 Å². The molecule has 1 heterocycles. The van der Waals surface area contributed by atoms with E-state index in [1.54, 1.807) is 25.4 Å². The summed E-state index contributed by atoms with van der Waals surface area (Å²) in [5, 5.41) is 3.53. The molecule has 0 amide bonds. The Hall–Kier alpha value is -2.47. The molecule has 3 N–H and O–H groups in total. The van der Waals surface area contributed by atoms with Gasteiger partial charge in [-0.25, -0.2) is 9.98 Å². The third-order valence-corrected chi connectivity index (χ3v) is 4.54. The van der Waals surface area contributed by atoms with Crippen LogP contribution >= 0.6 is 11.6 Å². The van der Waals surface area contributed by atoms with E-state index in [4.69, 9.17) is 26.8 Å². The lowest BCUT2D eigenvalue weighted by Gasteiger charge is -2.12. The summed E-state index contributed by atoms with van der Waals surface area (Å²) in [6.07, 6.45) is 6.68. The molecule has 3 rings (SSSR count). The van der Waals surface area contributed by atoms with Crippen molar-refractivity contribution in [2.75, 3.05) is 12.4 Å². The Labute approximate surface area is 158 Å². The third-order valence-electron chi connectivity index (χ3n) is 4.25. The number of halogens is 1. The number of benzene rings is 1. The maximum Gasteiger partial charge on any atom is 0.213 e. The van der Waals surface area contributed by atoms with Gasteiger partial charge in [-0.2, -0.15) is 0 Å². The van der Waals surface area contributed by atoms with E-state index < -0.39 is 0 Å². The number of guanidine groups is 1. The summed E-state index contributed by atoms with van der Waals surface area (Å²) in [6.45, 7) is 0.437. The Bertz CT molecular complexity index is 776. The fourth-order valence-electron chi connectivity index (χ4n) is 2.90. The number of hydrogen-bond acceptors (Lipinski definition) is 4. The number of pyridine rings is 1. The van der Waals surface area contributed by atoms with Crippen molar-refractivity contribution >= 4 is 23.2 Å². The van der Waals surface area contributed by atoms with Crippen LogP contribution in [-0.4, -0.2) is 24.2 Å². The Morgan fingerprint density at radius 1 is 1.31 bits per heavy atom.